The number of hydrogen-bond donors (Lipinski definition) is 2. The molecule has 0 aromatic carbocycles. The van der Waals surface area contributed by atoms with Crippen LogP contribution in [0.5, 0.6) is 0 Å². The van der Waals surface area contributed by atoms with Crippen molar-refractivity contribution in [3.63, 3.8) is 0 Å². The molecule has 21 heavy (non-hydrogen) atoms. The molecule has 0 bridgehead atoms. The predicted octanol–water partition coefficient (Wildman–Crippen LogP) is 1.27. The molecule has 0 saturated carbocycles. The van der Waals surface area contributed by atoms with Gasteiger partial charge in [0, 0.05) is 49.0 Å². The second-order valence-electron chi connectivity index (χ2n) is 5.95. The van der Waals surface area contributed by atoms with E-state index in [0.29, 0.717) is 25.4 Å². The Morgan fingerprint density at radius 3 is 2.48 bits per heavy atom. The SMILES string of the molecule is COCC(CCCNC(=O)OC(C)(C)C)NCCS(C)=O. The zero-order valence-corrected chi connectivity index (χ0v) is 14.7. The summed E-state index contributed by atoms with van der Waals surface area (Å²) in [6.45, 7) is 7.38. The molecule has 0 aliphatic heterocycles. The molecule has 1 amide bonds. The van der Waals surface area contributed by atoms with Crippen LogP contribution in [0, 0.1) is 0 Å². The van der Waals surface area contributed by atoms with E-state index < -0.39 is 16.4 Å². The molecule has 0 aliphatic carbocycles. The van der Waals surface area contributed by atoms with E-state index in [1.54, 1.807) is 13.4 Å². The Balaban J connectivity index is 3.82. The first kappa shape index (κ1) is 20.3. The van der Waals surface area contributed by atoms with Gasteiger partial charge in [-0.3, -0.25) is 4.21 Å². The van der Waals surface area contributed by atoms with E-state index in [1.807, 2.05) is 20.8 Å². The van der Waals surface area contributed by atoms with Crippen LogP contribution in [0.3, 0.4) is 0 Å². The lowest BCUT2D eigenvalue weighted by Crippen LogP contribution is -2.37. The van der Waals surface area contributed by atoms with Crippen LogP contribution in [0.4, 0.5) is 4.79 Å². The molecule has 0 aliphatic rings. The van der Waals surface area contributed by atoms with Crippen LogP contribution in [0.25, 0.3) is 0 Å². The molecule has 7 heteroatoms. The van der Waals surface area contributed by atoms with Gasteiger partial charge >= 0.3 is 6.09 Å². The average molecular weight is 322 g/mol. The molecule has 6 nitrogen and oxygen atoms in total. The standard InChI is InChI=1S/C14H30N2O4S/c1-14(2,3)20-13(17)16-8-6-7-12(11-19-4)15-9-10-21(5)18/h12,15H,6-11H2,1-5H3,(H,16,17). The van der Waals surface area contributed by atoms with Crippen LogP contribution in [0.1, 0.15) is 33.6 Å². The third-order valence-corrected chi connectivity index (χ3v) is 3.37. The number of alkyl carbamates (subject to hydrolysis) is 1. The van der Waals surface area contributed by atoms with E-state index in [4.69, 9.17) is 9.47 Å². The van der Waals surface area contributed by atoms with Gasteiger partial charge in [0.1, 0.15) is 5.60 Å². The number of carbonyl (C=O) groups excluding carboxylic acids is 1. The number of ether oxygens (including phenoxy) is 2. The zero-order chi connectivity index (χ0) is 16.3. The van der Waals surface area contributed by atoms with Gasteiger partial charge in [-0.25, -0.2) is 4.79 Å². The Morgan fingerprint density at radius 1 is 1.29 bits per heavy atom. The van der Waals surface area contributed by atoms with E-state index in [9.17, 15) is 9.00 Å². The minimum absolute atomic E-state index is 0.207. The molecule has 126 valence electrons. The van der Waals surface area contributed by atoms with Gasteiger partial charge in [0.25, 0.3) is 0 Å². The number of nitrogens with one attached hydrogen (secondary N) is 2. The number of methoxy groups -OCH3 is 1. The maximum Gasteiger partial charge on any atom is 0.407 e. The number of hydrogen-bond acceptors (Lipinski definition) is 5. The van der Waals surface area contributed by atoms with E-state index in [0.717, 1.165) is 12.8 Å². The van der Waals surface area contributed by atoms with E-state index in [-0.39, 0.29) is 12.1 Å². The molecule has 0 heterocycles. The summed E-state index contributed by atoms with van der Waals surface area (Å²) in [5, 5.41) is 6.05. The van der Waals surface area contributed by atoms with Gasteiger partial charge in [-0.1, -0.05) is 0 Å². The minimum Gasteiger partial charge on any atom is -0.444 e. The fraction of sp³-hybridized carbons (Fsp3) is 0.929. The number of rotatable bonds is 10. The second-order valence-corrected chi connectivity index (χ2v) is 7.51. The van der Waals surface area contributed by atoms with Crippen molar-refractivity contribution in [2.24, 2.45) is 0 Å². The molecule has 2 atom stereocenters. The van der Waals surface area contributed by atoms with Crippen molar-refractivity contribution in [3.05, 3.63) is 0 Å². The van der Waals surface area contributed by atoms with Crippen molar-refractivity contribution < 1.29 is 18.5 Å². The van der Waals surface area contributed by atoms with Crippen molar-refractivity contribution >= 4 is 16.9 Å². The molecule has 0 aromatic heterocycles. The molecule has 0 saturated heterocycles. The monoisotopic (exact) mass is 322 g/mol. The van der Waals surface area contributed by atoms with E-state index in [1.165, 1.54) is 0 Å². The molecule has 0 aromatic rings. The highest BCUT2D eigenvalue weighted by Crippen LogP contribution is 2.06. The third kappa shape index (κ3) is 14.1. The van der Waals surface area contributed by atoms with Crippen LogP contribution in [0.2, 0.25) is 0 Å². The summed E-state index contributed by atoms with van der Waals surface area (Å²) in [6, 6.07) is 0.207. The molecule has 0 rings (SSSR count). The maximum absolute atomic E-state index is 11.5. The topological polar surface area (TPSA) is 76.7 Å². The van der Waals surface area contributed by atoms with Gasteiger partial charge in [-0.15, -0.1) is 0 Å². The fourth-order valence-electron chi connectivity index (χ4n) is 1.71. The lowest BCUT2D eigenvalue weighted by atomic mass is 10.1. The highest BCUT2D eigenvalue weighted by molar-refractivity contribution is 7.84. The first-order valence-electron chi connectivity index (χ1n) is 7.24. The van der Waals surface area contributed by atoms with E-state index in [2.05, 4.69) is 10.6 Å². The summed E-state index contributed by atoms with van der Waals surface area (Å²) in [6.07, 6.45) is 3.01. The Bertz CT molecular complexity index is 319. The van der Waals surface area contributed by atoms with E-state index >= 15 is 0 Å². The van der Waals surface area contributed by atoms with Gasteiger partial charge in [-0.05, 0) is 33.6 Å². The first-order valence-corrected chi connectivity index (χ1v) is 8.96. The van der Waals surface area contributed by atoms with Crippen LogP contribution in [0.15, 0.2) is 0 Å². The summed E-state index contributed by atoms with van der Waals surface area (Å²) in [4.78, 5) is 11.5. The second kappa shape index (κ2) is 11.0. The van der Waals surface area contributed by atoms with Crippen molar-refractivity contribution in [1.29, 1.82) is 0 Å². The Morgan fingerprint density at radius 2 is 1.95 bits per heavy atom. The Kier molecular flexibility index (Phi) is 10.6. The van der Waals surface area contributed by atoms with Crippen LogP contribution in [-0.2, 0) is 20.3 Å². The van der Waals surface area contributed by atoms with Crippen LogP contribution >= 0.6 is 0 Å². The predicted molar refractivity (Wildman–Crippen MR) is 86.1 cm³/mol. The number of carbonyl (C=O) groups is 1. The molecule has 0 spiro atoms. The summed E-state index contributed by atoms with van der Waals surface area (Å²) in [7, 11) is 0.872. The Hall–Kier alpha value is -0.660. The summed E-state index contributed by atoms with van der Waals surface area (Å²) in [5.74, 6) is 0.635. The van der Waals surface area contributed by atoms with Crippen molar-refractivity contribution in [3.8, 4) is 0 Å². The third-order valence-electron chi connectivity index (χ3n) is 2.59. The minimum atomic E-state index is -0.786. The normalized spacial score (nSPS) is 14.5. The largest absolute Gasteiger partial charge is 0.444 e. The molecular weight excluding hydrogens is 292 g/mol. The summed E-state index contributed by atoms with van der Waals surface area (Å²) < 4.78 is 21.3. The smallest absolute Gasteiger partial charge is 0.407 e. The quantitative estimate of drug-likeness (QED) is 0.593. The maximum atomic E-state index is 11.5. The molecule has 0 radical (unpaired) electrons. The Labute approximate surface area is 130 Å². The highest BCUT2D eigenvalue weighted by Gasteiger charge is 2.15. The number of amides is 1. The molecule has 2 N–H and O–H groups in total. The average Bonchev–Trinajstić information content (AvgIpc) is 2.31. The van der Waals surface area contributed by atoms with Crippen LogP contribution in [-0.4, -0.2) is 60.8 Å². The van der Waals surface area contributed by atoms with Crippen molar-refractivity contribution in [1.82, 2.24) is 10.6 Å². The van der Waals surface area contributed by atoms with Crippen LogP contribution < -0.4 is 10.6 Å². The van der Waals surface area contributed by atoms with Crippen molar-refractivity contribution in [2.45, 2.75) is 45.3 Å². The molecular formula is C14H30N2O4S. The summed E-state index contributed by atoms with van der Waals surface area (Å²) >= 11 is 0. The lowest BCUT2D eigenvalue weighted by Gasteiger charge is -2.20. The zero-order valence-electron chi connectivity index (χ0n) is 13.9. The molecule has 0 fully saturated rings. The highest BCUT2D eigenvalue weighted by atomic mass is 32.2. The van der Waals surface area contributed by atoms with Gasteiger partial charge in [0.15, 0.2) is 0 Å². The lowest BCUT2D eigenvalue weighted by molar-refractivity contribution is 0.0526. The first-order chi connectivity index (χ1) is 9.74. The van der Waals surface area contributed by atoms with Gasteiger partial charge in [-0.2, -0.15) is 0 Å². The summed E-state index contributed by atoms with van der Waals surface area (Å²) in [5.41, 5.74) is -0.472. The molecule has 2 unspecified atom stereocenters. The van der Waals surface area contributed by atoms with Gasteiger partial charge < -0.3 is 20.1 Å². The van der Waals surface area contributed by atoms with Gasteiger partial charge in [0.2, 0.25) is 0 Å². The fourth-order valence-corrected chi connectivity index (χ4v) is 2.11. The van der Waals surface area contributed by atoms with Gasteiger partial charge in [0.05, 0.1) is 6.61 Å². The van der Waals surface area contributed by atoms with Crippen molar-refractivity contribution in [2.75, 3.05) is 38.8 Å².